The van der Waals surface area contributed by atoms with Crippen LogP contribution in [0, 0.1) is 13.0 Å². The Hall–Kier alpha value is -0.780. The van der Waals surface area contributed by atoms with Crippen molar-refractivity contribution in [2.45, 2.75) is 51.4 Å². The molecule has 0 aliphatic heterocycles. The average molecular weight is 187 g/mol. The van der Waals surface area contributed by atoms with Gasteiger partial charge in [-0.25, -0.2) is 0 Å². The molecule has 1 aromatic rings. The van der Waals surface area contributed by atoms with Crippen LogP contribution in [0.1, 0.15) is 50.2 Å². The summed E-state index contributed by atoms with van der Waals surface area (Å²) in [7, 11) is 0. The van der Waals surface area contributed by atoms with Crippen LogP contribution in [0.25, 0.3) is 0 Å². The van der Waals surface area contributed by atoms with Crippen LogP contribution < -0.4 is 0 Å². The Morgan fingerprint density at radius 3 is 2.57 bits per heavy atom. The minimum Gasteiger partial charge on any atom is -0.0587 e. The second-order valence-corrected chi connectivity index (χ2v) is 4.90. The number of aryl methyl sites for hydroxylation is 1. The molecular weight excluding hydrogens is 168 g/mol. The van der Waals surface area contributed by atoms with E-state index in [1.807, 2.05) is 0 Å². The summed E-state index contributed by atoms with van der Waals surface area (Å²) >= 11 is 0. The van der Waals surface area contributed by atoms with Crippen LogP contribution in [0.5, 0.6) is 0 Å². The summed E-state index contributed by atoms with van der Waals surface area (Å²) in [6, 6.07) is 9.94. The second-order valence-electron chi connectivity index (χ2n) is 4.90. The number of rotatable bonds is 1. The summed E-state index contributed by atoms with van der Waals surface area (Å²) in [5.41, 5.74) is 3.20. The molecule has 75 valence electrons. The molecule has 2 rings (SSSR count). The fraction of sp³-hybridized carbons (Fsp3) is 0.571. The van der Waals surface area contributed by atoms with Crippen LogP contribution in [0.15, 0.2) is 18.2 Å². The van der Waals surface area contributed by atoms with Gasteiger partial charge in [-0.15, -0.1) is 0 Å². The summed E-state index contributed by atoms with van der Waals surface area (Å²) in [4.78, 5) is 0. The third-order valence-corrected chi connectivity index (χ3v) is 3.56. The van der Waals surface area contributed by atoms with E-state index < -0.39 is 0 Å². The quantitative estimate of drug-likeness (QED) is 0.623. The Morgan fingerprint density at radius 2 is 1.93 bits per heavy atom. The number of benzene rings is 1. The molecule has 0 unspecified atom stereocenters. The predicted octanol–water partition coefficient (Wildman–Crippen LogP) is 4.02. The molecule has 1 aromatic carbocycles. The van der Waals surface area contributed by atoms with E-state index in [1.54, 1.807) is 0 Å². The van der Waals surface area contributed by atoms with Crippen molar-refractivity contribution in [3.63, 3.8) is 0 Å². The smallest absolute Gasteiger partial charge is 0.00690 e. The van der Waals surface area contributed by atoms with E-state index >= 15 is 0 Å². The lowest BCUT2D eigenvalue weighted by atomic mass is 9.71. The van der Waals surface area contributed by atoms with Crippen LogP contribution in [0.2, 0.25) is 0 Å². The molecule has 1 fully saturated rings. The van der Waals surface area contributed by atoms with Gasteiger partial charge in [-0.3, -0.25) is 0 Å². The van der Waals surface area contributed by atoms with Crippen molar-refractivity contribution in [1.82, 2.24) is 0 Å². The van der Waals surface area contributed by atoms with Crippen LogP contribution in [0.3, 0.4) is 0 Å². The number of hydrogen-bond acceptors (Lipinski definition) is 0. The highest BCUT2D eigenvalue weighted by Gasteiger charge is 2.28. The van der Waals surface area contributed by atoms with E-state index in [1.165, 1.54) is 43.2 Å². The highest BCUT2D eigenvalue weighted by Crippen LogP contribution is 2.38. The third-order valence-electron chi connectivity index (χ3n) is 3.56. The molecule has 0 bridgehead atoms. The first-order chi connectivity index (χ1) is 6.71. The predicted molar refractivity (Wildman–Crippen MR) is 60.5 cm³/mol. The van der Waals surface area contributed by atoms with E-state index in [0.717, 1.165) is 0 Å². The first kappa shape index (κ1) is 9.76. The Kier molecular flexibility index (Phi) is 2.62. The van der Waals surface area contributed by atoms with Crippen molar-refractivity contribution >= 4 is 0 Å². The molecule has 0 N–H and O–H groups in total. The Labute approximate surface area is 87.3 Å². The molecule has 1 saturated carbocycles. The van der Waals surface area contributed by atoms with Gasteiger partial charge >= 0.3 is 0 Å². The summed E-state index contributed by atoms with van der Waals surface area (Å²) in [6.07, 6.45) is 6.87. The van der Waals surface area contributed by atoms with Crippen molar-refractivity contribution in [1.29, 1.82) is 0 Å². The van der Waals surface area contributed by atoms with Crippen molar-refractivity contribution in [2.75, 3.05) is 0 Å². The maximum absolute atomic E-state index is 3.42. The van der Waals surface area contributed by atoms with Gasteiger partial charge < -0.3 is 0 Å². The van der Waals surface area contributed by atoms with Crippen LogP contribution in [-0.4, -0.2) is 0 Å². The monoisotopic (exact) mass is 187 g/mol. The fourth-order valence-electron chi connectivity index (χ4n) is 2.53. The highest BCUT2D eigenvalue weighted by atomic mass is 14.3. The molecule has 1 aliphatic carbocycles. The standard InChI is InChI=1S/C14H19/c1-12-7-6-8-13(11-12)14(2)9-4-3-5-10-14/h6-7,11H,3-5,9-10H2,1-2H3. The molecule has 0 aromatic heterocycles. The zero-order valence-corrected chi connectivity index (χ0v) is 9.27. The Morgan fingerprint density at radius 1 is 1.21 bits per heavy atom. The first-order valence-corrected chi connectivity index (χ1v) is 5.70. The normalized spacial score (nSPS) is 20.7. The molecule has 1 aliphatic rings. The molecule has 0 amide bonds. The molecule has 0 heterocycles. The summed E-state index contributed by atoms with van der Waals surface area (Å²) in [5.74, 6) is 0. The van der Waals surface area contributed by atoms with Gasteiger partial charge in [0, 0.05) is 0 Å². The zero-order chi connectivity index (χ0) is 10.0. The largest absolute Gasteiger partial charge is 0.0587 e. The Balaban J connectivity index is 2.28. The molecule has 0 atom stereocenters. The molecule has 14 heavy (non-hydrogen) atoms. The minimum atomic E-state index is 0.407. The van der Waals surface area contributed by atoms with Gasteiger partial charge in [0.15, 0.2) is 0 Å². The first-order valence-electron chi connectivity index (χ1n) is 5.70. The highest BCUT2D eigenvalue weighted by molar-refractivity contribution is 5.28. The summed E-state index contributed by atoms with van der Waals surface area (Å²) in [5, 5.41) is 0. The van der Waals surface area contributed by atoms with E-state index in [-0.39, 0.29) is 0 Å². The van der Waals surface area contributed by atoms with Gasteiger partial charge in [-0.05, 0) is 36.8 Å². The van der Waals surface area contributed by atoms with Crippen molar-refractivity contribution in [2.24, 2.45) is 0 Å². The molecule has 1 radical (unpaired) electrons. The van der Waals surface area contributed by atoms with E-state index in [2.05, 4.69) is 38.1 Å². The van der Waals surface area contributed by atoms with Gasteiger partial charge in [0.1, 0.15) is 0 Å². The van der Waals surface area contributed by atoms with E-state index in [0.29, 0.717) is 5.41 Å². The maximum Gasteiger partial charge on any atom is -0.00690 e. The lowest BCUT2D eigenvalue weighted by molar-refractivity contribution is 0.319. The van der Waals surface area contributed by atoms with Crippen LogP contribution >= 0.6 is 0 Å². The molecule has 0 heteroatoms. The van der Waals surface area contributed by atoms with Gasteiger partial charge in [0.2, 0.25) is 0 Å². The van der Waals surface area contributed by atoms with Gasteiger partial charge in [0.05, 0.1) is 0 Å². The minimum absolute atomic E-state index is 0.407. The van der Waals surface area contributed by atoms with Crippen molar-refractivity contribution in [3.8, 4) is 0 Å². The molecule has 0 nitrogen and oxygen atoms in total. The molecular formula is C14H19. The van der Waals surface area contributed by atoms with Gasteiger partial charge in [-0.1, -0.05) is 49.9 Å². The van der Waals surface area contributed by atoms with Crippen molar-refractivity contribution < 1.29 is 0 Å². The topological polar surface area (TPSA) is 0 Å². The van der Waals surface area contributed by atoms with E-state index in [9.17, 15) is 0 Å². The van der Waals surface area contributed by atoms with Gasteiger partial charge in [-0.2, -0.15) is 0 Å². The molecule has 0 spiro atoms. The second kappa shape index (κ2) is 3.76. The van der Waals surface area contributed by atoms with Crippen LogP contribution in [0.4, 0.5) is 0 Å². The lowest BCUT2D eigenvalue weighted by Gasteiger charge is -2.34. The zero-order valence-electron chi connectivity index (χ0n) is 9.27. The third kappa shape index (κ3) is 1.84. The van der Waals surface area contributed by atoms with E-state index in [4.69, 9.17) is 0 Å². The SMILES string of the molecule is Cc1cc[c]c(C2(C)CCCCC2)c1. The summed E-state index contributed by atoms with van der Waals surface area (Å²) < 4.78 is 0. The maximum atomic E-state index is 3.42. The van der Waals surface area contributed by atoms with Crippen LogP contribution in [-0.2, 0) is 5.41 Å². The number of hydrogen-bond donors (Lipinski definition) is 0. The van der Waals surface area contributed by atoms with Crippen molar-refractivity contribution in [3.05, 3.63) is 35.4 Å². The fourth-order valence-corrected chi connectivity index (χ4v) is 2.53. The average Bonchev–Trinajstić information content (AvgIpc) is 2.19. The van der Waals surface area contributed by atoms with Gasteiger partial charge in [0.25, 0.3) is 0 Å². The Bertz CT molecular complexity index is 306. The lowest BCUT2D eigenvalue weighted by Crippen LogP contribution is -2.25. The summed E-state index contributed by atoms with van der Waals surface area (Å²) in [6.45, 7) is 4.57. The molecule has 0 saturated heterocycles.